The number of thiazole rings is 1. The summed E-state index contributed by atoms with van der Waals surface area (Å²) in [4.78, 5) is 17.8. The Bertz CT molecular complexity index is 1160. The van der Waals surface area contributed by atoms with Gasteiger partial charge in [-0.2, -0.15) is 0 Å². The number of ether oxygens (including phenoxy) is 1. The summed E-state index contributed by atoms with van der Waals surface area (Å²) in [6.45, 7) is 2.17. The maximum Gasteiger partial charge on any atom is 0.262 e. The summed E-state index contributed by atoms with van der Waals surface area (Å²) in [5.74, 6) is 0.614. The van der Waals surface area contributed by atoms with E-state index in [2.05, 4.69) is 52.5 Å². The van der Waals surface area contributed by atoms with Crippen molar-refractivity contribution in [1.82, 2.24) is 4.57 Å². The molecule has 3 aromatic rings. The van der Waals surface area contributed by atoms with Gasteiger partial charge in [-0.3, -0.25) is 4.79 Å². The number of nitrogens with one attached hydrogen (secondary N) is 1. The molecule has 1 aliphatic carbocycles. The minimum absolute atomic E-state index is 0.0758. The molecule has 1 amide bonds. The molecule has 1 aliphatic heterocycles. The fourth-order valence-corrected chi connectivity index (χ4v) is 5.34. The van der Waals surface area contributed by atoms with Crippen molar-refractivity contribution in [2.24, 2.45) is 4.99 Å². The third-order valence-corrected chi connectivity index (χ3v) is 6.66. The van der Waals surface area contributed by atoms with E-state index in [4.69, 9.17) is 9.73 Å². The molecule has 5 rings (SSSR count). The van der Waals surface area contributed by atoms with Gasteiger partial charge in [0.05, 0.1) is 17.1 Å². The van der Waals surface area contributed by atoms with Crippen LogP contribution in [0.15, 0.2) is 52.8 Å². The van der Waals surface area contributed by atoms with Crippen LogP contribution in [0.3, 0.4) is 0 Å². The Labute approximate surface area is 180 Å². The molecule has 1 N–H and O–H groups in total. The van der Waals surface area contributed by atoms with E-state index < -0.39 is 0 Å². The third-order valence-electron chi connectivity index (χ3n) is 5.82. The number of fused-ring (bicyclic) bond motifs is 1. The standard InChI is InChI=1S/C24H25N3O2S/c1-16-6-5-7-18(12-16)25-24-27(19-8-3-2-4-9-19)21(15-30-24)17-10-11-22-20(13-17)26-23(28)14-29-22/h5-7,10-13,15,19H,2-4,8-9,14H2,1H3,(H,26,28). The van der Waals surface area contributed by atoms with Crippen molar-refractivity contribution in [3.8, 4) is 17.0 Å². The molecule has 0 atom stereocenters. The molecular formula is C24H25N3O2S. The Morgan fingerprint density at radius 1 is 1.13 bits per heavy atom. The summed E-state index contributed by atoms with van der Waals surface area (Å²) in [5, 5.41) is 5.12. The SMILES string of the molecule is Cc1cccc(N=c2scc(-c3ccc4c(c3)NC(=O)CO4)n2C2CCCCC2)c1. The number of hydrogen-bond acceptors (Lipinski definition) is 4. The molecule has 0 spiro atoms. The van der Waals surface area contributed by atoms with Gasteiger partial charge in [0.25, 0.3) is 5.91 Å². The Balaban J connectivity index is 1.63. The number of hydrogen-bond donors (Lipinski definition) is 1. The topological polar surface area (TPSA) is 55.6 Å². The summed E-state index contributed by atoms with van der Waals surface area (Å²) in [6, 6.07) is 14.8. The highest BCUT2D eigenvalue weighted by atomic mass is 32.1. The third kappa shape index (κ3) is 3.79. The number of amides is 1. The van der Waals surface area contributed by atoms with Gasteiger partial charge in [-0.1, -0.05) is 31.4 Å². The Morgan fingerprint density at radius 3 is 2.83 bits per heavy atom. The van der Waals surface area contributed by atoms with Crippen LogP contribution in [0.5, 0.6) is 5.75 Å². The molecule has 1 fully saturated rings. The minimum atomic E-state index is -0.111. The zero-order chi connectivity index (χ0) is 20.5. The lowest BCUT2D eigenvalue weighted by Gasteiger charge is -2.26. The molecule has 154 valence electrons. The first kappa shape index (κ1) is 19.1. The van der Waals surface area contributed by atoms with Crippen LogP contribution in [0.4, 0.5) is 11.4 Å². The van der Waals surface area contributed by atoms with E-state index >= 15 is 0 Å². The quantitative estimate of drug-likeness (QED) is 0.601. The first-order valence-corrected chi connectivity index (χ1v) is 11.4. The van der Waals surface area contributed by atoms with E-state index in [9.17, 15) is 4.79 Å². The van der Waals surface area contributed by atoms with Gasteiger partial charge in [-0.05, 0) is 55.7 Å². The second-order valence-corrected chi connectivity index (χ2v) is 8.90. The number of carbonyl (C=O) groups is 1. The van der Waals surface area contributed by atoms with Crippen LogP contribution in [0.1, 0.15) is 43.7 Å². The predicted octanol–water partition coefficient (Wildman–Crippen LogP) is 5.59. The van der Waals surface area contributed by atoms with Crippen molar-refractivity contribution in [1.29, 1.82) is 0 Å². The molecule has 5 nitrogen and oxygen atoms in total. The normalized spacial score (nSPS) is 17.4. The number of aromatic nitrogens is 1. The summed E-state index contributed by atoms with van der Waals surface area (Å²) in [7, 11) is 0. The van der Waals surface area contributed by atoms with Crippen LogP contribution in [0, 0.1) is 6.92 Å². The molecule has 0 bridgehead atoms. The van der Waals surface area contributed by atoms with Crippen molar-refractivity contribution in [2.45, 2.75) is 45.1 Å². The largest absolute Gasteiger partial charge is 0.482 e. The Morgan fingerprint density at radius 2 is 2.00 bits per heavy atom. The molecule has 0 saturated heterocycles. The average molecular weight is 420 g/mol. The first-order chi connectivity index (χ1) is 14.7. The number of rotatable bonds is 3. The van der Waals surface area contributed by atoms with Crippen LogP contribution in [-0.2, 0) is 4.79 Å². The number of nitrogens with zero attached hydrogens (tertiary/aromatic N) is 2. The molecule has 6 heteroatoms. The minimum Gasteiger partial charge on any atom is -0.482 e. The van der Waals surface area contributed by atoms with Crippen LogP contribution in [-0.4, -0.2) is 17.1 Å². The van der Waals surface area contributed by atoms with Gasteiger partial charge in [0, 0.05) is 17.0 Å². The molecule has 0 unspecified atom stereocenters. The molecule has 0 radical (unpaired) electrons. The highest BCUT2D eigenvalue weighted by Crippen LogP contribution is 2.36. The second-order valence-electron chi connectivity index (χ2n) is 8.06. The van der Waals surface area contributed by atoms with E-state index in [1.807, 2.05) is 12.1 Å². The van der Waals surface area contributed by atoms with E-state index in [-0.39, 0.29) is 12.5 Å². The lowest BCUT2D eigenvalue weighted by molar-refractivity contribution is -0.118. The fourth-order valence-electron chi connectivity index (χ4n) is 4.35. The van der Waals surface area contributed by atoms with Crippen molar-refractivity contribution in [3.63, 3.8) is 0 Å². The molecule has 1 aromatic heterocycles. The summed E-state index contributed by atoms with van der Waals surface area (Å²) < 4.78 is 7.95. The lowest BCUT2D eigenvalue weighted by atomic mass is 9.95. The average Bonchev–Trinajstić information content (AvgIpc) is 3.17. The van der Waals surface area contributed by atoms with E-state index in [0.717, 1.165) is 33.2 Å². The molecule has 2 heterocycles. The maximum absolute atomic E-state index is 11.8. The molecule has 2 aromatic carbocycles. The van der Waals surface area contributed by atoms with E-state index in [0.29, 0.717) is 6.04 Å². The van der Waals surface area contributed by atoms with Crippen LogP contribution in [0.25, 0.3) is 11.3 Å². The van der Waals surface area contributed by atoms with Gasteiger partial charge in [-0.15, -0.1) is 11.3 Å². The summed E-state index contributed by atoms with van der Waals surface area (Å²) >= 11 is 1.68. The summed E-state index contributed by atoms with van der Waals surface area (Å²) in [6.07, 6.45) is 6.17. The smallest absolute Gasteiger partial charge is 0.262 e. The van der Waals surface area contributed by atoms with E-state index in [1.54, 1.807) is 11.3 Å². The van der Waals surface area contributed by atoms with Crippen LogP contribution >= 0.6 is 11.3 Å². The Hall–Kier alpha value is -2.86. The predicted molar refractivity (Wildman–Crippen MR) is 120 cm³/mol. The highest BCUT2D eigenvalue weighted by molar-refractivity contribution is 7.07. The highest BCUT2D eigenvalue weighted by Gasteiger charge is 2.22. The number of carbonyl (C=O) groups excluding carboxylic acids is 1. The van der Waals surface area contributed by atoms with Crippen molar-refractivity contribution in [2.75, 3.05) is 11.9 Å². The summed E-state index contributed by atoms with van der Waals surface area (Å²) in [5.41, 5.74) is 5.16. The van der Waals surface area contributed by atoms with Gasteiger partial charge in [0.2, 0.25) is 0 Å². The number of benzene rings is 2. The lowest BCUT2D eigenvalue weighted by Crippen LogP contribution is -2.25. The van der Waals surface area contributed by atoms with Gasteiger partial charge in [0.1, 0.15) is 5.75 Å². The number of anilines is 1. The monoisotopic (exact) mass is 419 g/mol. The second kappa shape index (κ2) is 8.11. The fraction of sp³-hybridized carbons (Fsp3) is 0.333. The van der Waals surface area contributed by atoms with Gasteiger partial charge < -0.3 is 14.6 Å². The maximum atomic E-state index is 11.8. The zero-order valence-corrected chi connectivity index (χ0v) is 17.9. The van der Waals surface area contributed by atoms with Crippen LogP contribution in [0.2, 0.25) is 0 Å². The van der Waals surface area contributed by atoms with Crippen molar-refractivity contribution < 1.29 is 9.53 Å². The van der Waals surface area contributed by atoms with Crippen molar-refractivity contribution in [3.05, 3.63) is 58.2 Å². The van der Waals surface area contributed by atoms with Gasteiger partial charge in [-0.25, -0.2) is 4.99 Å². The molecular weight excluding hydrogens is 394 g/mol. The number of aryl methyl sites for hydroxylation is 1. The van der Waals surface area contributed by atoms with Gasteiger partial charge in [0.15, 0.2) is 11.4 Å². The first-order valence-electron chi connectivity index (χ1n) is 10.6. The Kier molecular flexibility index (Phi) is 5.17. The zero-order valence-electron chi connectivity index (χ0n) is 17.1. The molecule has 2 aliphatic rings. The van der Waals surface area contributed by atoms with Gasteiger partial charge >= 0.3 is 0 Å². The molecule has 1 saturated carbocycles. The van der Waals surface area contributed by atoms with Crippen molar-refractivity contribution >= 4 is 28.6 Å². The van der Waals surface area contributed by atoms with E-state index in [1.165, 1.54) is 37.7 Å². The van der Waals surface area contributed by atoms with Crippen LogP contribution < -0.4 is 14.9 Å². The molecule has 30 heavy (non-hydrogen) atoms.